The lowest BCUT2D eigenvalue weighted by Crippen LogP contribution is -2.56. The zero-order chi connectivity index (χ0) is 13.4. The van der Waals surface area contributed by atoms with Crippen LogP contribution >= 0.6 is 0 Å². The van der Waals surface area contributed by atoms with E-state index in [-0.39, 0.29) is 11.6 Å². The van der Waals surface area contributed by atoms with Crippen LogP contribution in [-0.4, -0.2) is 34.7 Å². The lowest BCUT2D eigenvalue weighted by Gasteiger charge is -2.52. The molecule has 2 saturated carbocycles. The van der Waals surface area contributed by atoms with Crippen LogP contribution in [0.2, 0.25) is 0 Å². The highest BCUT2D eigenvalue weighted by Crippen LogP contribution is 2.51. The molecule has 0 radical (unpaired) electrons. The molecule has 0 saturated heterocycles. The highest BCUT2D eigenvalue weighted by molar-refractivity contribution is 5.02. The second-order valence-electron chi connectivity index (χ2n) is 7.29. The summed E-state index contributed by atoms with van der Waals surface area (Å²) in [6, 6.07) is 0.582. The molecular formula is C16H31NO. The quantitative estimate of drug-likeness (QED) is 0.831. The van der Waals surface area contributed by atoms with E-state index in [2.05, 4.69) is 32.7 Å². The molecule has 0 aliphatic heterocycles. The molecule has 2 aliphatic carbocycles. The van der Waals surface area contributed by atoms with Crippen LogP contribution in [0.4, 0.5) is 0 Å². The van der Waals surface area contributed by atoms with E-state index in [9.17, 15) is 5.11 Å². The Balaban J connectivity index is 2.20. The van der Waals surface area contributed by atoms with Gasteiger partial charge < -0.3 is 5.11 Å². The fourth-order valence-corrected chi connectivity index (χ4v) is 4.15. The number of rotatable bonds is 3. The van der Waals surface area contributed by atoms with Crippen molar-refractivity contribution in [2.24, 2.45) is 5.41 Å². The van der Waals surface area contributed by atoms with Crippen molar-refractivity contribution in [2.45, 2.75) is 89.8 Å². The van der Waals surface area contributed by atoms with Crippen LogP contribution in [-0.2, 0) is 0 Å². The van der Waals surface area contributed by atoms with E-state index in [4.69, 9.17) is 0 Å². The normalized spacial score (nSPS) is 32.3. The third-order valence-electron chi connectivity index (χ3n) is 6.06. The van der Waals surface area contributed by atoms with Gasteiger partial charge in [0.15, 0.2) is 0 Å². The van der Waals surface area contributed by atoms with Crippen LogP contribution in [0.1, 0.15) is 72.1 Å². The second-order valence-corrected chi connectivity index (χ2v) is 7.29. The van der Waals surface area contributed by atoms with Gasteiger partial charge in [0.1, 0.15) is 0 Å². The van der Waals surface area contributed by atoms with Crippen molar-refractivity contribution in [1.82, 2.24) is 4.90 Å². The minimum absolute atomic E-state index is 0.0728. The Morgan fingerprint density at radius 3 is 2.39 bits per heavy atom. The molecule has 2 aliphatic rings. The van der Waals surface area contributed by atoms with Crippen molar-refractivity contribution >= 4 is 0 Å². The average Bonchev–Trinajstić information content (AvgIpc) is 2.81. The summed E-state index contributed by atoms with van der Waals surface area (Å²) in [6.45, 7) is 6.96. The first-order valence-corrected chi connectivity index (χ1v) is 7.82. The Labute approximate surface area is 113 Å². The number of aliphatic hydroxyl groups is 1. The first-order valence-electron chi connectivity index (χ1n) is 7.82. The molecule has 0 heterocycles. The maximum Gasteiger partial charge on any atom is 0.0555 e. The molecule has 0 aromatic heterocycles. The third-order valence-corrected chi connectivity index (χ3v) is 6.06. The van der Waals surface area contributed by atoms with Crippen molar-refractivity contribution in [1.29, 1.82) is 0 Å². The van der Waals surface area contributed by atoms with E-state index in [1.165, 1.54) is 38.5 Å². The van der Waals surface area contributed by atoms with E-state index >= 15 is 0 Å². The molecule has 106 valence electrons. The van der Waals surface area contributed by atoms with Crippen LogP contribution in [0.5, 0.6) is 0 Å². The van der Waals surface area contributed by atoms with Crippen molar-refractivity contribution in [3.05, 3.63) is 0 Å². The van der Waals surface area contributed by atoms with Crippen LogP contribution < -0.4 is 0 Å². The first-order chi connectivity index (χ1) is 8.41. The monoisotopic (exact) mass is 253 g/mol. The van der Waals surface area contributed by atoms with E-state index in [0.717, 1.165) is 12.8 Å². The largest absolute Gasteiger partial charge is 0.393 e. The summed E-state index contributed by atoms with van der Waals surface area (Å²) >= 11 is 0. The van der Waals surface area contributed by atoms with Gasteiger partial charge in [-0.05, 0) is 64.8 Å². The zero-order valence-corrected chi connectivity index (χ0v) is 12.7. The van der Waals surface area contributed by atoms with Crippen LogP contribution in [0.15, 0.2) is 0 Å². The van der Waals surface area contributed by atoms with Gasteiger partial charge in [-0.25, -0.2) is 0 Å². The van der Waals surface area contributed by atoms with Gasteiger partial charge in [0.25, 0.3) is 0 Å². The lowest BCUT2D eigenvalue weighted by atomic mass is 9.67. The Morgan fingerprint density at radius 1 is 1.22 bits per heavy atom. The number of hydrogen-bond acceptors (Lipinski definition) is 2. The number of nitrogens with zero attached hydrogens (tertiary/aromatic N) is 1. The van der Waals surface area contributed by atoms with E-state index in [1.54, 1.807) is 0 Å². The second kappa shape index (κ2) is 5.13. The zero-order valence-electron chi connectivity index (χ0n) is 12.7. The Bertz CT molecular complexity index is 281. The summed E-state index contributed by atoms with van der Waals surface area (Å²) in [5, 5.41) is 10.1. The fourth-order valence-electron chi connectivity index (χ4n) is 4.15. The minimum atomic E-state index is -0.0728. The number of hydrogen-bond donors (Lipinski definition) is 1. The van der Waals surface area contributed by atoms with Gasteiger partial charge in [-0.2, -0.15) is 0 Å². The molecule has 2 fully saturated rings. The molecule has 0 bridgehead atoms. The molecule has 18 heavy (non-hydrogen) atoms. The summed E-state index contributed by atoms with van der Waals surface area (Å²) in [5.74, 6) is 0. The topological polar surface area (TPSA) is 23.5 Å². The maximum absolute atomic E-state index is 10.1. The maximum atomic E-state index is 10.1. The SMILES string of the molecule is CCC(C)(C)N(C)C1CC(O)CCC12CCCC2. The lowest BCUT2D eigenvalue weighted by molar-refractivity contribution is -0.0523. The van der Waals surface area contributed by atoms with Gasteiger partial charge in [-0.15, -0.1) is 0 Å². The Kier molecular flexibility index (Phi) is 4.08. The molecule has 2 rings (SSSR count). The van der Waals surface area contributed by atoms with Gasteiger partial charge >= 0.3 is 0 Å². The van der Waals surface area contributed by atoms with Gasteiger partial charge in [0, 0.05) is 11.6 Å². The third kappa shape index (κ3) is 2.46. The number of aliphatic hydroxyl groups excluding tert-OH is 1. The van der Waals surface area contributed by atoms with Gasteiger partial charge in [-0.3, -0.25) is 4.90 Å². The molecule has 1 spiro atoms. The average molecular weight is 253 g/mol. The summed E-state index contributed by atoms with van der Waals surface area (Å²) in [4.78, 5) is 2.58. The molecule has 2 nitrogen and oxygen atoms in total. The molecule has 2 atom stereocenters. The molecule has 2 heteroatoms. The smallest absolute Gasteiger partial charge is 0.0555 e. The van der Waals surface area contributed by atoms with Crippen molar-refractivity contribution in [3.8, 4) is 0 Å². The van der Waals surface area contributed by atoms with Crippen LogP contribution in [0, 0.1) is 5.41 Å². The standard InChI is InChI=1S/C16H31NO/c1-5-15(2,3)17(4)14-12-13(18)8-11-16(14)9-6-7-10-16/h13-14,18H,5-12H2,1-4H3. The molecule has 0 amide bonds. The van der Waals surface area contributed by atoms with Crippen LogP contribution in [0.3, 0.4) is 0 Å². The van der Waals surface area contributed by atoms with Gasteiger partial charge in [-0.1, -0.05) is 19.8 Å². The molecule has 1 N–H and O–H groups in total. The summed E-state index contributed by atoms with van der Waals surface area (Å²) in [5.41, 5.74) is 0.762. The van der Waals surface area contributed by atoms with E-state index in [1.807, 2.05) is 0 Å². The van der Waals surface area contributed by atoms with Gasteiger partial charge in [0.05, 0.1) is 6.10 Å². The van der Waals surface area contributed by atoms with Crippen molar-refractivity contribution < 1.29 is 5.11 Å². The summed E-state index contributed by atoms with van der Waals surface area (Å²) in [6.07, 6.45) is 9.91. The molecule has 2 unspecified atom stereocenters. The minimum Gasteiger partial charge on any atom is -0.393 e. The Morgan fingerprint density at radius 2 is 1.83 bits per heavy atom. The molecular weight excluding hydrogens is 222 g/mol. The van der Waals surface area contributed by atoms with Crippen molar-refractivity contribution in [2.75, 3.05) is 7.05 Å². The predicted molar refractivity (Wildman–Crippen MR) is 76.7 cm³/mol. The molecule has 0 aromatic rings. The fraction of sp³-hybridized carbons (Fsp3) is 1.00. The van der Waals surface area contributed by atoms with Crippen LogP contribution in [0.25, 0.3) is 0 Å². The summed E-state index contributed by atoms with van der Waals surface area (Å²) < 4.78 is 0. The highest BCUT2D eigenvalue weighted by atomic mass is 16.3. The predicted octanol–water partition coefficient (Wildman–Crippen LogP) is 3.58. The van der Waals surface area contributed by atoms with E-state index in [0.29, 0.717) is 11.5 Å². The van der Waals surface area contributed by atoms with E-state index < -0.39 is 0 Å². The molecule has 0 aromatic carbocycles. The highest BCUT2D eigenvalue weighted by Gasteiger charge is 2.48. The van der Waals surface area contributed by atoms with Crippen molar-refractivity contribution in [3.63, 3.8) is 0 Å². The summed E-state index contributed by atoms with van der Waals surface area (Å²) in [7, 11) is 2.28. The first kappa shape index (κ1) is 14.3. The van der Waals surface area contributed by atoms with Gasteiger partial charge in [0.2, 0.25) is 0 Å². The Hall–Kier alpha value is -0.0800.